The van der Waals surface area contributed by atoms with Crippen LogP contribution in [0.3, 0.4) is 0 Å². The number of aromatic nitrogens is 1. The number of hydrogen-bond donors (Lipinski definition) is 1. The van der Waals surface area contributed by atoms with Gasteiger partial charge in [0.25, 0.3) is 0 Å². The average Bonchev–Trinajstić information content (AvgIpc) is 3.08. The van der Waals surface area contributed by atoms with Crippen molar-refractivity contribution in [1.82, 2.24) is 9.88 Å². The Hall–Kier alpha value is -1.36. The van der Waals surface area contributed by atoms with Crippen LogP contribution >= 0.6 is 11.6 Å². The van der Waals surface area contributed by atoms with E-state index in [1.807, 2.05) is 24.3 Å². The first-order chi connectivity index (χ1) is 9.74. The lowest BCUT2D eigenvalue weighted by Gasteiger charge is -2.12. The summed E-state index contributed by atoms with van der Waals surface area (Å²) in [5, 5.41) is 0.700. The van der Waals surface area contributed by atoms with Gasteiger partial charge < -0.3 is 10.2 Å². The van der Waals surface area contributed by atoms with Crippen LogP contribution in [0.4, 0.5) is 0 Å². The monoisotopic (exact) mass is 291 g/mol. The van der Waals surface area contributed by atoms with Crippen LogP contribution < -0.4 is 5.73 Å². The van der Waals surface area contributed by atoms with Crippen molar-refractivity contribution >= 4 is 11.6 Å². The largest absolute Gasteiger partial charge is 0.439 e. The summed E-state index contributed by atoms with van der Waals surface area (Å²) in [4.78, 5) is 6.69. The van der Waals surface area contributed by atoms with Crippen LogP contribution in [0.5, 0.6) is 0 Å². The van der Waals surface area contributed by atoms with Crippen molar-refractivity contribution in [3.05, 3.63) is 41.4 Å². The number of oxazole rings is 1. The Balaban J connectivity index is 1.68. The summed E-state index contributed by atoms with van der Waals surface area (Å²) in [5.74, 6) is 2.12. The van der Waals surface area contributed by atoms with E-state index >= 15 is 0 Å². The van der Waals surface area contributed by atoms with Gasteiger partial charge in [-0.2, -0.15) is 0 Å². The molecule has 0 spiro atoms. The number of hydrogen-bond acceptors (Lipinski definition) is 4. The van der Waals surface area contributed by atoms with Crippen molar-refractivity contribution in [2.24, 2.45) is 11.7 Å². The van der Waals surface area contributed by atoms with E-state index in [1.54, 1.807) is 6.20 Å². The van der Waals surface area contributed by atoms with Crippen LogP contribution in [-0.4, -0.2) is 29.5 Å². The molecule has 0 aliphatic carbocycles. The summed E-state index contributed by atoms with van der Waals surface area (Å²) in [6, 6.07) is 7.61. The van der Waals surface area contributed by atoms with Gasteiger partial charge in [-0.1, -0.05) is 23.7 Å². The van der Waals surface area contributed by atoms with Crippen LogP contribution in [0.2, 0.25) is 5.02 Å². The molecule has 20 heavy (non-hydrogen) atoms. The fraction of sp³-hybridized carbons (Fsp3) is 0.400. The van der Waals surface area contributed by atoms with Gasteiger partial charge in [-0.15, -0.1) is 0 Å². The smallest absolute Gasteiger partial charge is 0.209 e. The van der Waals surface area contributed by atoms with E-state index in [4.69, 9.17) is 21.8 Å². The Kier molecular flexibility index (Phi) is 4.05. The zero-order chi connectivity index (χ0) is 13.9. The molecule has 1 atom stereocenters. The minimum Gasteiger partial charge on any atom is -0.439 e. The molecule has 0 amide bonds. The van der Waals surface area contributed by atoms with E-state index in [-0.39, 0.29) is 0 Å². The Morgan fingerprint density at radius 1 is 1.45 bits per heavy atom. The van der Waals surface area contributed by atoms with Crippen molar-refractivity contribution in [3.8, 4) is 11.3 Å². The molecular formula is C15H18ClN3O. The van der Waals surface area contributed by atoms with Gasteiger partial charge in [0.15, 0.2) is 5.76 Å². The van der Waals surface area contributed by atoms with Crippen LogP contribution in [-0.2, 0) is 6.54 Å². The highest BCUT2D eigenvalue weighted by Gasteiger charge is 2.22. The van der Waals surface area contributed by atoms with Gasteiger partial charge in [0, 0.05) is 17.1 Å². The van der Waals surface area contributed by atoms with E-state index in [0.29, 0.717) is 10.9 Å². The highest BCUT2D eigenvalue weighted by atomic mass is 35.5. The summed E-state index contributed by atoms with van der Waals surface area (Å²) in [6.45, 7) is 3.61. The number of halogens is 1. The molecule has 2 heterocycles. The molecule has 3 rings (SSSR count). The Morgan fingerprint density at radius 2 is 2.35 bits per heavy atom. The van der Waals surface area contributed by atoms with Crippen molar-refractivity contribution < 1.29 is 4.42 Å². The van der Waals surface area contributed by atoms with Gasteiger partial charge in [-0.05, 0) is 37.6 Å². The standard InChI is InChI=1S/C15H18ClN3O/c16-13-3-1-2-12(6-13)14-8-18-15(20-14)10-19-5-4-11(7-17)9-19/h1-3,6,8,11H,4-5,7,9-10,17H2. The minimum atomic E-state index is 0.609. The Morgan fingerprint density at radius 3 is 3.10 bits per heavy atom. The van der Waals surface area contributed by atoms with Gasteiger partial charge in [0.1, 0.15) is 0 Å². The van der Waals surface area contributed by atoms with E-state index in [1.165, 1.54) is 6.42 Å². The zero-order valence-corrected chi connectivity index (χ0v) is 12.0. The maximum absolute atomic E-state index is 5.99. The number of nitrogens with two attached hydrogens (primary N) is 1. The van der Waals surface area contributed by atoms with Gasteiger partial charge >= 0.3 is 0 Å². The molecule has 4 nitrogen and oxygen atoms in total. The van der Waals surface area contributed by atoms with Crippen LogP contribution in [0.15, 0.2) is 34.9 Å². The molecule has 5 heteroatoms. The van der Waals surface area contributed by atoms with Crippen molar-refractivity contribution in [2.75, 3.05) is 19.6 Å². The average molecular weight is 292 g/mol. The first-order valence-electron chi connectivity index (χ1n) is 6.87. The molecule has 0 bridgehead atoms. The second kappa shape index (κ2) is 5.95. The quantitative estimate of drug-likeness (QED) is 0.941. The second-order valence-electron chi connectivity index (χ2n) is 5.25. The third-order valence-electron chi connectivity index (χ3n) is 3.72. The van der Waals surface area contributed by atoms with E-state index < -0.39 is 0 Å². The van der Waals surface area contributed by atoms with E-state index in [9.17, 15) is 0 Å². The molecule has 106 valence electrons. The molecule has 0 saturated carbocycles. The molecule has 1 aromatic carbocycles. The lowest BCUT2D eigenvalue weighted by Crippen LogP contribution is -2.22. The van der Waals surface area contributed by atoms with Gasteiger partial charge in [0.2, 0.25) is 5.89 Å². The number of likely N-dealkylation sites (tertiary alicyclic amines) is 1. The molecule has 2 aromatic rings. The molecule has 1 saturated heterocycles. The molecule has 1 aliphatic rings. The topological polar surface area (TPSA) is 55.3 Å². The Labute approximate surface area is 123 Å². The molecule has 2 N–H and O–H groups in total. The lowest BCUT2D eigenvalue weighted by atomic mass is 10.1. The van der Waals surface area contributed by atoms with E-state index in [0.717, 1.165) is 43.4 Å². The van der Waals surface area contributed by atoms with Gasteiger partial charge in [-0.25, -0.2) is 4.98 Å². The molecule has 0 radical (unpaired) electrons. The summed E-state index contributed by atoms with van der Waals surface area (Å²) in [6.07, 6.45) is 2.93. The highest BCUT2D eigenvalue weighted by Crippen LogP contribution is 2.24. The van der Waals surface area contributed by atoms with Crippen molar-refractivity contribution in [2.45, 2.75) is 13.0 Å². The fourth-order valence-corrected chi connectivity index (χ4v) is 2.79. The summed E-state index contributed by atoms with van der Waals surface area (Å²) >= 11 is 5.99. The van der Waals surface area contributed by atoms with Gasteiger partial charge in [-0.3, -0.25) is 4.90 Å². The predicted molar refractivity (Wildman–Crippen MR) is 79.4 cm³/mol. The highest BCUT2D eigenvalue weighted by molar-refractivity contribution is 6.30. The van der Waals surface area contributed by atoms with Crippen molar-refractivity contribution in [3.63, 3.8) is 0 Å². The molecule has 1 aromatic heterocycles. The number of benzene rings is 1. The first kappa shape index (κ1) is 13.6. The Bertz CT molecular complexity index is 584. The van der Waals surface area contributed by atoms with E-state index in [2.05, 4.69) is 9.88 Å². The minimum absolute atomic E-state index is 0.609. The van der Waals surface area contributed by atoms with Gasteiger partial charge in [0.05, 0.1) is 12.7 Å². The third-order valence-corrected chi connectivity index (χ3v) is 3.96. The van der Waals surface area contributed by atoms with Crippen LogP contribution in [0, 0.1) is 5.92 Å². The van der Waals surface area contributed by atoms with Crippen LogP contribution in [0.1, 0.15) is 12.3 Å². The molecule has 1 aliphatic heterocycles. The zero-order valence-electron chi connectivity index (χ0n) is 11.3. The normalized spacial score (nSPS) is 19.6. The molecular weight excluding hydrogens is 274 g/mol. The maximum atomic E-state index is 5.99. The fourth-order valence-electron chi connectivity index (χ4n) is 2.60. The third kappa shape index (κ3) is 3.03. The second-order valence-corrected chi connectivity index (χ2v) is 5.69. The van der Waals surface area contributed by atoms with Crippen molar-refractivity contribution in [1.29, 1.82) is 0 Å². The number of rotatable bonds is 4. The molecule has 1 unspecified atom stereocenters. The summed E-state index contributed by atoms with van der Waals surface area (Å²) < 4.78 is 5.81. The SMILES string of the molecule is NCC1CCN(Cc2ncc(-c3cccc(Cl)c3)o2)C1. The summed E-state index contributed by atoms with van der Waals surface area (Å²) in [5.41, 5.74) is 6.66. The number of nitrogens with zero attached hydrogens (tertiary/aromatic N) is 2. The van der Waals surface area contributed by atoms with Crippen LogP contribution in [0.25, 0.3) is 11.3 Å². The lowest BCUT2D eigenvalue weighted by molar-refractivity contribution is 0.282. The summed E-state index contributed by atoms with van der Waals surface area (Å²) in [7, 11) is 0. The first-order valence-corrected chi connectivity index (χ1v) is 7.25. The maximum Gasteiger partial charge on any atom is 0.209 e. The predicted octanol–water partition coefficient (Wildman–Crippen LogP) is 2.78. The molecule has 1 fully saturated rings.